The molecule has 2 aromatic carbocycles. The Hall–Kier alpha value is -3.14. The van der Waals surface area contributed by atoms with Gasteiger partial charge in [-0.25, -0.2) is 12.8 Å². The largest absolute Gasteiger partial charge is 0.497 e. The first-order chi connectivity index (χ1) is 17.1. The molecule has 1 N–H and O–H groups in total. The van der Waals surface area contributed by atoms with Gasteiger partial charge in [0.15, 0.2) is 0 Å². The molecule has 10 heteroatoms. The van der Waals surface area contributed by atoms with E-state index in [0.717, 1.165) is 47.9 Å². The van der Waals surface area contributed by atoms with Gasteiger partial charge in [0.2, 0.25) is 21.8 Å². The molecule has 1 fully saturated rings. The number of ether oxygens (including phenoxy) is 1. The minimum atomic E-state index is -3.91. The molecule has 1 saturated carbocycles. The summed E-state index contributed by atoms with van der Waals surface area (Å²) in [6, 6.07) is 11.4. The third-order valence-electron chi connectivity index (χ3n) is 6.37. The Morgan fingerprint density at radius 1 is 1.14 bits per heavy atom. The number of sulfonamides is 1. The van der Waals surface area contributed by atoms with Gasteiger partial charge in [-0.05, 0) is 55.2 Å². The fourth-order valence-corrected chi connectivity index (χ4v) is 5.30. The van der Waals surface area contributed by atoms with Crippen LogP contribution in [0.2, 0.25) is 0 Å². The summed E-state index contributed by atoms with van der Waals surface area (Å²) in [5, 5.41) is 3.06. The highest BCUT2D eigenvalue weighted by Gasteiger charge is 2.33. The van der Waals surface area contributed by atoms with Crippen LogP contribution in [0.5, 0.6) is 5.75 Å². The maximum atomic E-state index is 13.9. The van der Waals surface area contributed by atoms with Crippen molar-refractivity contribution >= 4 is 27.5 Å². The van der Waals surface area contributed by atoms with Gasteiger partial charge in [-0.2, -0.15) is 0 Å². The highest BCUT2D eigenvalue weighted by atomic mass is 32.2. The van der Waals surface area contributed by atoms with Crippen LogP contribution in [0.1, 0.15) is 44.6 Å². The number of hydrogen-bond acceptors (Lipinski definition) is 5. The molecule has 0 bridgehead atoms. The molecule has 0 aromatic heterocycles. The van der Waals surface area contributed by atoms with E-state index in [1.54, 1.807) is 31.4 Å². The van der Waals surface area contributed by atoms with Crippen molar-refractivity contribution < 1.29 is 27.1 Å². The highest BCUT2D eigenvalue weighted by Crippen LogP contribution is 2.22. The van der Waals surface area contributed by atoms with Crippen molar-refractivity contribution in [1.82, 2.24) is 10.2 Å². The predicted molar refractivity (Wildman–Crippen MR) is 137 cm³/mol. The van der Waals surface area contributed by atoms with Gasteiger partial charge in [0.05, 0.1) is 19.1 Å². The SMILES string of the molecule is CCC(C(=O)NC1CCCC1)N(Cc1ccc(OC)cc1)C(=O)CN(c1cccc(F)c1)S(C)(=O)=O. The fourth-order valence-electron chi connectivity index (χ4n) is 4.46. The molecule has 0 radical (unpaired) electrons. The normalized spacial score (nSPS) is 14.8. The van der Waals surface area contributed by atoms with Gasteiger partial charge in [-0.15, -0.1) is 0 Å². The van der Waals surface area contributed by atoms with Crippen molar-refractivity contribution in [2.75, 3.05) is 24.2 Å². The van der Waals surface area contributed by atoms with Crippen LogP contribution in [0.3, 0.4) is 0 Å². The zero-order chi connectivity index (χ0) is 26.3. The molecular weight excluding hydrogens is 485 g/mol. The lowest BCUT2D eigenvalue weighted by atomic mass is 10.1. The van der Waals surface area contributed by atoms with E-state index in [4.69, 9.17) is 4.74 Å². The molecule has 1 unspecified atom stereocenters. The van der Waals surface area contributed by atoms with Crippen LogP contribution in [-0.2, 0) is 26.2 Å². The second kappa shape index (κ2) is 12.2. The maximum absolute atomic E-state index is 13.9. The number of benzene rings is 2. The van der Waals surface area contributed by atoms with Crippen molar-refractivity contribution in [3.63, 3.8) is 0 Å². The molecule has 0 spiro atoms. The van der Waals surface area contributed by atoms with E-state index in [1.165, 1.54) is 23.1 Å². The summed E-state index contributed by atoms with van der Waals surface area (Å²) in [7, 11) is -2.36. The Morgan fingerprint density at radius 3 is 2.36 bits per heavy atom. The average molecular weight is 520 g/mol. The number of carbonyl (C=O) groups excluding carboxylic acids is 2. The van der Waals surface area contributed by atoms with Gasteiger partial charge in [0, 0.05) is 12.6 Å². The number of rotatable bonds is 11. The van der Waals surface area contributed by atoms with E-state index in [2.05, 4.69) is 5.32 Å². The van der Waals surface area contributed by atoms with Crippen LogP contribution >= 0.6 is 0 Å². The number of anilines is 1. The van der Waals surface area contributed by atoms with Gasteiger partial charge < -0.3 is 15.0 Å². The van der Waals surface area contributed by atoms with Crippen molar-refractivity contribution in [1.29, 1.82) is 0 Å². The zero-order valence-corrected chi connectivity index (χ0v) is 21.8. The first-order valence-corrected chi connectivity index (χ1v) is 13.9. The monoisotopic (exact) mass is 519 g/mol. The molecule has 3 rings (SSSR count). The van der Waals surface area contributed by atoms with E-state index in [0.29, 0.717) is 12.2 Å². The topological polar surface area (TPSA) is 96.0 Å². The fraction of sp³-hybridized carbons (Fsp3) is 0.462. The van der Waals surface area contributed by atoms with E-state index < -0.39 is 34.3 Å². The van der Waals surface area contributed by atoms with Gasteiger partial charge in [-0.1, -0.05) is 38.0 Å². The Balaban J connectivity index is 1.91. The van der Waals surface area contributed by atoms with E-state index in [9.17, 15) is 22.4 Å². The van der Waals surface area contributed by atoms with E-state index in [1.807, 2.05) is 6.92 Å². The smallest absolute Gasteiger partial charge is 0.244 e. The molecular formula is C26H34FN3O5S. The van der Waals surface area contributed by atoms with Crippen LogP contribution in [0.25, 0.3) is 0 Å². The summed E-state index contributed by atoms with van der Waals surface area (Å²) in [5.74, 6) is -0.792. The quantitative estimate of drug-likeness (QED) is 0.491. The molecule has 1 atom stereocenters. The van der Waals surface area contributed by atoms with Crippen LogP contribution in [0.4, 0.5) is 10.1 Å². The summed E-state index contributed by atoms with van der Waals surface area (Å²) in [5.41, 5.74) is 0.798. The Labute approximate surface area is 212 Å². The third kappa shape index (κ3) is 7.19. The van der Waals surface area contributed by atoms with Gasteiger partial charge in [0.1, 0.15) is 24.2 Å². The first kappa shape index (κ1) is 27.4. The molecule has 36 heavy (non-hydrogen) atoms. The maximum Gasteiger partial charge on any atom is 0.244 e. The van der Waals surface area contributed by atoms with Crippen LogP contribution in [-0.4, -0.2) is 57.1 Å². The molecule has 1 aliphatic carbocycles. The molecule has 2 aromatic rings. The van der Waals surface area contributed by atoms with Crippen LogP contribution in [0.15, 0.2) is 48.5 Å². The standard InChI is InChI=1S/C26H34FN3O5S/c1-4-24(26(32)28-21-9-5-6-10-21)29(17-19-12-14-23(35-2)15-13-19)25(31)18-30(36(3,33)34)22-11-7-8-20(27)16-22/h7-8,11-16,21,24H,4-6,9-10,17-18H2,1-3H3,(H,28,32). The van der Waals surface area contributed by atoms with Gasteiger partial charge in [0.25, 0.3) is 0 Å². The minimum absolute atomic E-state index is 0.0405. The highest BCUT2D eigenvalue weighted by molar-refractivity contribution is 7.92. The summed E-state index contributed by atoms with van der Waals surface area (Å²) >= 11 is 0. The summed E-state index contributed by atoms with van der Waals surface area (Å²) in [6.45, 7) is 1.35. The number of nitrogens with one attached hydrogen (secondary N) is 1. The number of hydrogen-bond donors (Lipinski definition) is 1. The Kier molecular flexibility index (Phi) is 9.31. The Morgan fingerprint density at radius 2 is 1.81 bits per heavy atom. The van der Waals surface area contributed by atoms with Crippen LogP contribution in [0, 0.1) is 5.82 Å². The number of nitrogens with zero attached hydrogens (tertiary/aromatic N) is 2. The van der Waals surface area contributed by atoms with E-state index >= 15 is 0 Å². The lowest BCUT2D eigenvalue weighted by molar-refractivity contribution is -0.140. The number of carbonyl (C=O) groups is 2. The molecule has 1 aliphatic rings. The summed E-state index contributed by atoms with van der Waals surface area (Å²) < 4.78 is 45.1. The lowest BCUT2D eigenvalue weighted by Gasteiger charge is -2.33. The van der Waals surface area contributed by atoms with Crippen molar-refractivity contribution in [2.45, 2.75) is 57.7 Å². The Bertz CT molecular complexity index is 1150. The summed E-state index contributed by atoms with van der Waals surface area (Å²) in [6.07, 6.45) is 5.20. The molecule has 2 amide bonds. The number of halogens is 1. The molecule has 196 valence electrons. The summed E-state index contributed by atoms with van der Waals surface area (Å²) in [4.78, 5) is 28.3. The predicted octanol–water partition coefficient (Wildman–Crippen LogP) is 3.47. The molecule has 0 heterocycles. The number of methoxy groups -OCH3 is 1. The second-order valence-electron chi connectivity index (χ2n) is 9.03. The van der Waals surface area contributed by atoms with Crippen molar-refractivity contribution in [3.05, 3.63) is 59.9 Å². The number of amides is 2. The molecule has 8 nitrogen and oxygen atoms in total. The molecule has 0 saturated heterocycles. The average Bonchev–Trinajstić information content (AvgIpc) is 3.35. The third-order valence-corrected chi connectivity index (χ3v) is 7.52. The molecule has 0 aliphatic heterocycles. The first-order valence-electron chi connectivity index (χ1n) is 12.1. The van der Waals surface area contributed by atoms with Gasteiger partial charge >= 0.3 is 0 Å². The zero-order valence-electron chi connectivity index (χ0n) is 20.9. The van der Waals surface area contributed by atoms with Crippen molar-refractivity contribution in [3.8, 4) is 5.75 Å². The van der Waals surface area contributed by atoms with Crippen molar-refractivity contribution in [2.24, 2.45) is 0 Å². The second-order valence-corrected chi connectivity index (χ2v) is 10.9. The minimum Gasteiger partial charge on any atom is -0.497 e. The lowest BCUT2D eigenvalue weighted by Crippen LogP contribution is -2.53. The van der Waals surface area contributed by atoms with E-state index in [-0.39, 0.29) is 24.2 Å². The van der Waals surface area contributed by atoms with Crippen LogP contribution < -0.4 is 14.4 Å². The van der Waals surface area contributed by atoms with Gasteiger partial charge in [-0.3, -0.25) is 13.9 Å².